The molecule has 0 amide bonds. The van der Waals surface area contributed by atoms with Crippen molar-refractivity contribution in [2.45, 2.75) is 6.04 Å². The van der Waals surface area contributed by atoms with E-state index in [4.69, 9.17) is 0 Å². The number of nitro benzene ring substituents is 1. The van der Waals surface area contributed by atoms with Crippen LogP contribution in [0.2, 0.25) is 0 Å². The molecule has 0 aliphatic carbocycles. The summed E-state index contributed by atoms with van der Waals surface area (Å²) in [5.41, 5.74) is 1.01. The Morgan fingerprint density at radius 3 is 2.52 bits per heavy atom. The SMILES string of the molecule is C=C[C@@H](c1ccc(Br)c([N+](=O)[O-])c1)N1CCNCC1.Cl.Cl. The van der Waals surface area contributed by atoms with E-state index in [0.717, 1.165) is 31.7 Å². The van der Waals surface area contributed by atoms with Crippen molar-refractivity contribution in [3.05, 3.63) is 51.0 Å². The maximum atomic E-state index is 11.0. The predicted octanol–water partition coefficient (Wildman–Crippen LogP) is 3.33. The molecule has 118 valence electrons. The topological polar surface area (TPSA) is 58.4 Å². The Bertz CT molecular complexity index is 496. The van der Waals surface area contributed by atoms with E-state index in [9.17, 15) is 10.1 Å². The van der Waals surface area contributed by atoms with Crippen LogP contribution in [0.5, 0.6) is 0 Å². The third kappa shape index (κ3) is 4.93. The highest BCUT2D eigenvalue weighted by Gasteiger charge is 2.22. The first-order valence-electron chi connectivity index (χ1n) is 6.14. The average molecular weight is 399 g/mol. The van der Waals surface area contributed by atoms with E-state index in [0.29, 0.717) is 4.47 Å². The van der Waals surface area contributed by atoms with Gasteiger partial charge in [-0.2, -0.15) is 0 Å². The summed E-state index contributed by atoms with van der Waals surface area (Å²) in [6.45, 7) is 7.57. The van der Waals surface area contributed by atoms with Crippen molar-refractivity contribution in [3.63, 3.8) is 0 Å². The molecular weight excluding hydrogens is 381 g/mol. The van der Waals surface area contributed by atoms with E-state index < -0.39 is 0 Å². The molecule has 0 spiro atoms. The van der Waals surface area contributed by atoms with Crippen LogP contribution >= 0.6 is 40.7 Å². The van der Waals surface area contributed by atoms with Gasteiger partial charge in [-0.05, 0) is 27.6 Å². The highest BCUT2D eigenvalue weighted by atomic mass is 79.9. The monoisotopic (exact) mass is 397 g/mol. The number of nitrogens with zero attached hydrogens (tertiary/aromatic N) is 2. The fourth-order valence-electron chi connectivity index (χ4n) is 2.31. The molecule has 0 radical (unpaired) electrons. The number of rotatable bonds is 4. The first kappa shape index (κ1) is 20.3. The molecule has 0 aromatic heterocycles. The van der Waals surface area contributed by atoms with E-state index >= 15 is 0 Å². The van der Waals surface area contributed by atoms with Gasteiger partial charge in [-0.15, -0.1) is 31.4 Å². The fourth-order valence-corrected chi connectivity index (χ4v) is 2.70. The van der Waals surface area contributed by atoms with Gasteiger partial charge in [0.05, 0.1) is 15.4 Å². The number of nitrogens with one attached hydrogen (secondary N) is 1. The van der Waals surface area contributed by atoms with Gasteiger partial charge in [0.1, 0.15) is 0 Å². The van der Waals surface area contributed by atoms with E-state index in [1.807, 2.05) is 12.1 Å². The maximum Gasteiger partial charge on any atom is 0.283 e. The quantitative estimate of drug-likeness (QED) is 0.480. The Balaban J connectivity index is 0.00000200. The summed E-state index contributed by atoms with van der Waals surface area (Å²) in [6.07, 6.45) is 1.85. The maximum absolute atomic E-state index is 11.0. The Morgan fingerprint density at radius 2 is 2.00 bits per heavy atom. The zero-order valence-electron chi connectivity index (χ0n) is 11.3. The van der Waals surface area contributed by atoms with Crippen molar-refractivity contribution in [3.8, 4) is 0 Å². The van der Waals surface area contributed by atoms with Gasteiger partial charge in [-0.25, -0.2) is 0 Å². The molecule has 5 nitrogen and oxygen atoms in total. The van der Waals surface area contributed by atoms with Gasteiger partial charge in [0, 0.05) is 32.2 Å². The standard InChI is InChI=1S/C13H16BrN3O2.2ClH/c1-2-12(16-7-5-15-6-8-16)10-3-4-11(14)13(9-10)17(18)19;;/h2-4,9,12,15H,1,5-8H2;2*1H/t12-;;/m0../s1. The Labute approximate surface area is 144 Å². The van der Waals surface area contributed by atoms with Crippen molar-refractivity contribution >= 4 is 46.4 Å². The molecule has 1 aliphatic rings. The number of hydrogen-bond donors (Lipinski definition) is 1. The van der Waals surface area contributed by atoms with Gasteiger partial charge in [0.25, 0.3) is 5.69 Å². The molecule has 8 heteroatoms. The minimum atomic E-state index is -0.370. The smallest absolute Gasteiger partial charge is 0.283 e. The molecule has 0 saturated carbocycles. The molecule has 1 fully saturated rings. The molecule has 1 aromatic carbocycles. The van der Waals surface area contributed by atoms with Gasteiger partial charge in [-0.3, -0.25) is 15.0 Å². The first-order valence-corrected chi connectivity index (χ1v) is 6.94. The van der Waals surface area contributed by atoms with Gasteiger partial charge in [-0.1, -0.05) is 12.1 Å². The molecule has 2 rings (SSSR count). The van der Waals surface area contributed by atoms with Crippen LogP contribution in [0.4, 0.5) is 5.69 Å². The second kappa shape index (κ2) is 9.38. The number of piperazine rings is 1. The summed E-state index contributed by atoms with van der Waals surface area (Å²) >= 11 is 3.21. The van der Waals surface area contributed by atoms with Crippen molar-refractivity contribution in [2.75, 3.05) is 26.2 Å². The van der Waals surface area contributed by atoms with E-state index in [1.165, 1.54) is 0 Å². The zero-order chi connectivity index (χ0) is 13.8. The van der Waals surface area contributed by atoms with Gasteiger partial charge < -0.3 is 5.32 Å². The lowest BCUT2D eigenvalue weighted by atomic mass is 10.0. The van der Waals surface area contributed by atoms with Crippen molar-refractivity contribution in [2.24, 2.45) is 0 Å². The summed E-state index contributed by atoms with van der Waals surface area (Å²) in [5, 5.41) is 14.3. The van der Waals surface area contributed by atoms with Crippen LogP contribution in [0.15, 0.2) is 35.3 Å². The second-order valence-corrected chi connectivity index (χ2v) is 5.29. The number of hydrogen-bond acceptors (Lipinski definition) is 4. The molecule has 0 unspecified atom stereocenters. The minimum absolute atomic E-state index is 0. The van der Waals surface area contributed by atoms with Gasteiger partial charge >= 0.3 is 0 Å². The van der Waals surface area contributed by atoms with Crippen molar-refractivity contribution in [1.29, 1.82) is 0 Å². The molecule has 1 saturated heterocycles. The van der Waals surface area contributed by atoms with Crippen molar-refractivity contribution < 1.29 is 4.92 Å². The molecule has 1 N–H and O–H groups in total. The molecule has 21 heavy (non-hydrogen) atoms. The first-order chi connectivity index (χ1) is 9.13. The van der Waals surface area contributed by atoms with Crippen LogP contribution in [0.1, 0.15) is 11.6 Å². The minimum Gasteiger partial charge on any atom is -0.314 e. The second-order valence-electron chi connectivity index (χ2n) is 4.43. The van der Waals surface area contributed by atoms with Gasteiger partial charge in [0.15, 0.2) is 0 Å². The zero-order valence-corrected chi connectivity index (χ0v) is 14.5. The Hall–Kier alpha value is -0.660. The number of halogens is 3. The van der Waals surface area contributed by atoms with E-state index in [-0.39, 0.29) is 41.5 Å². The fraction of sp³-hybridized carbons (Fsp3) is 0.385. The summed E-state index contributed by atoms with van der Waals surface area (Å²) in [4.78, 5) is 12.9. The molecule has 0 bridgehead atoms. The molecular formula is C13H18BrCl2N3O2. The van der Waals surface area contributed by atoms with Crippen LogP contribution < -0.4 is 5.32 Å². The van der Waals surface area contributed by atoms with Crippen LogP contribution in [-0.2, 0) is 0 Å². The molecule has 1 atom stereocenters. The summed E-state index contributed by atoms with van der Waals surface area (Å²) in [7, 11) is 0. The predicted molar refractivity (Wildman–Crippen MR) is 92.7 cm³/mol. The highest BCUT2D eigenvalue weighted by molar-refractivity contribution is 9.10. The number of benzene rings is 1. The molecule has 1 heterocycles. The van der Waals surface area contributed by atoms with Crippen molar-refractivity contribution in [1.82, 2.24) is 10.2 Å². The highest BCUT2D eigenvalue weighted by Crippen LogP contribution is 2.30. The van der Waals surface area contributed by atoms with Crippen LogP contribution in [0, 0.1) is 10.1 Å². The average Bonchev–Trinajstić information content (AvgIpc) is 2.42. The normalized spacial score (nSPS) is 16.2. The largest absolute Gasteiger partial charge is 0.314 e. The third-order valence-electron chi connectivity index (χ3n) is 3.28. The van der Waals surface area contributed by atoms with E-state index in [1.54, 1.807) is 12.1 Å². The summed E-state index contributed by atoms with van der Waals surface area (Å²) in [5.74, 6) is 0. The Kier molecular flexibility index (Phi) is 9.08. The lowest BCUT2D eigenvalue weighted by Gasteiger charge is -2.33. The third-order valence-corrected chi connectivity index (χ3v) is 3.95. The Morgan fingerprint density at radius 1 is 1.38 bits per heavy atom. The van der Waals surface area contributed by atoms with E-state index in [2.05, 4.69) is 32.7 Å². The van der Waals surface area contributed by atoms with Gasteiger partial charge in [0.2, 0.25) is 0 Å². The van der Waals surface area contributed by atoms with Crippen LogP contribution in [0.3, 0.4) is 0 Å². The molecule has 1 aliphatic heterocycles. The lowest BCUT2D eigenvalue weighted by Crippen LogP contribution is -2.44. The number of nitro groups is 1. The summed E-state index contributed by atoms with van der Waals surface area (Å²) in [6, 6.07) is 5.28. The summed E-state index contributed by atoms with van der Waals surface area (Å²) < 4.78 is 0.504. The lowest BCUT2D eigenvalue weighted by molar-refractivity contribution is -0.385. The molecule has 1 aromatic rings. The van der Waals surface area contributed by atoms with Crippen LogP contribution in [0.25, 0.3) is 0 Å². The van der Waals surface area contributed by atoms with Crippen LogP contribution in [-0.4, -0.2) is 36.0 Å².